The molecule has 0 aliphatic rings. The third-order valence-electron chi connectivity index (χ3n) is 4.04. The van der Waals surface area contributed by atoms with E-state index in [1.807, 2.05) is 12.1 Å². The summed E-state index contributed by atoms with van der Waals surface area (Å²) in [5.41, 5.74) is 2.62. The average molecular weight is 395 g/mol. The number of benzene rings is 3. The zero-order valence-electron chi connectivity index (χ0n) is 15.2. The Morgan fingerprint density at radius 1 is 0.893 bits per heavy atom. The molecule has 0 radical (unpaired) electrons. The third kappa shape index (κ3) is 5.34. The Bertz CT molecular complexity index is 970. The predicted molar refractivity (Wildman–Crippen MR) is 111 cm³/mol. The van der Waals surface area contributed by atoms with Crippen LogP contribution in [0.5, 0.6) is 5.75 Å². The quantitative estimate of drug-likeness (QED) is 0.632. The topological polar surface area (TPSA) is 67.4 Å². The Morgan fingerprint density at radius 2 is 1.61 bits per heavy atom. The molecule has 0 fully saturated rings. The fourth-order valence-corrected chi connectivity index (χ4v) is 2.73. The van der Waals surface area contributed by atoms with Crippen LogP contribution in [0.3, 0.4) is 0 Å². The van der Waals surface area contributed by atoms with E-state index in [0.29, 0.717) is 27.7 Å². The molecule has 0 heterocycles. The first kappa shape index (κ1) is 19.5. The maximum absolute atomic E-state index is 12.4. The number of anilines is 2. The second kappa shape index (κ2) is 9.06. The van der Waals surface area contributed by atoms with E-state index in [2.05, 4.69) is 10.6 Å². The Morgan fingerprint density at radius 3 is 2.29 bits per heavy atom. The van der Waals surface area contributed by atoms with E-state index in [1.165, 1.54) is 0 Å². The van der Waals surface area contributed by atoms with Gasteiger partial charge in [-0.05, 0) is 54.1 Å². The Balaban J connectivity index is 1.58. The summed E-state index contributed by atoms with van der Waals surface area (Å²) in [5, 5.41) is 6.26. The van der Waals surface area contributed by atoms with Crippen molar-refractivity contribution in [1.29, 1.82) is 0 Å². The van der Waals surface area contributed by atoms with Crippen molar-refractivity contribution in [2.75, 3.05) is 17.7 Å². The lowest BCUT2D eigenvalue weighted by molar-refractivity contribution is -0.115. The minimum atomic E-state index is -0.243. The molecular formula is C22H19ClN2O3. The van der Waals surface area contributed by atoms with Crippen molar-refractivity contribution in [3.63, 3.8) is 0 Å². The molecule has 0 saturated carbocycles. The third-order valence-corrected chi connectivity index (χ3v) is 4.29. The summed E-state index contributed by atoms with van der Waals surface area (Å²) in [6.45, 7) is 0. The van der Waals surface area contributed by atoms with Gasteiger partial charge in [0.05, 0.1) is 13.5 Å². The van der Waals surface area contributed by atoms with E-state index in [1.54, 1.807) is 67.8 Å². The van der Waals surface area contributed by atoms with E-state index in [4.69, 9.17) is 16.3 Å². The molecule has 28 heavy (non-hydrogen) atoms. The van der Waals surface area contributed by atoms with Crippen LogP contribution in [0.1, 0.15) is 15.9 Å². The zero-order chi connectivity index (χ0) is 19.9. The first-order valence-corrected chi connectivity index (χ1v) is 9.01. The number of methoxy groups -OCH3 is 1. The normalized spacial score (nSPS) is 10.2. The lowest BCUT2D eigenvalue weighted by Crippen LogP contribution is -2.15. The summed E-state index contributed by atoms with van der Waals surface area (Å²) in [7, 11) is 1.57. The summed E-state index contributed by atoms with van der Waals surface area (Å²) in [4.78, 5) is 24.5. The van der Waals surface area contributed by atoms with Crippen LogP contribution in [-0.2, 0) is 11.2 Å². The van der Waals surface area contributed by atoms with Crippen molar-refractivity contribution in [2.45, 2.75) is 6.42 Å². The van der Waals surface area contributed by atoms with E-state index < -0.39 is 0 Å². The fourth-order valence-electron chi connectivity index (χ4n) is 2.60. The van der Waals surface area contributed by atoms with Crippen LogP contribution in [-0.4, -0.2) is 18.9 Å². The number of halogens is 1. The first-order valence-electron chi connectivity index (χ1n) is 8.63. The molecule has 0 aromatic heterocycles. The molecule has 142 valence electrons. The molecular weight excluding hydrogens is 376 g/mol. The van der Waals surface area contributed by atoms with Crippen molar-refractivity contribution in [1.82, 2.24) is 0 Å². The van der Waals surface area contributed by atoms with Crippen molar-refractivity contribution >= 4 is 34.8 Å². The molecule has 3 aromatic rings. The number of nitrogens with one attached hydrogen (secondary N) is 2. The Labute approximate surface area is 168 Å². The molecule has 0 spiro atoms. The lowest BCUT2D eigenvalue weighted by atomic mass is 10.1. The minimum Gasteiger partial charge on any atom is -0.497 e. The molecule has 3 rings (SSSR count). The summed E-state index contributed by atoms with van der Waals surface area (Å²) in [5.74, 6) is 0.278. The molecule has 0 unspecified atom stereocenters. The number of carbonyl (C=O) groups excluding carboxylic acids is 2. The number of ether oxygens (including phenoxy) is 1. The molecule has 5 nitrogen and oxygen atoms in total. The van der Waals surface area contributed by atoms with Gasteiger partial charge < -0.3 is 15.4 Å². The van der Waals surface area contributed by atoms with Gasteiger partial charge in [0.1, 0.15) is 5.75 Å². The molecule has 2 amide bonds. The Hall–Kier alpha value is -3.31. The first-order chi connectivity index (χ1) is 13.5. The van der Waals surface area contributed by atoms with Crippen LogP contribution >= 0.6 is 11.6 Å². The van der Waals surface area contributed by atoms with E-state index >= 15 is 0 Å². The van der Waals surface area contributed by atoms with Crippen LogP contribution < -0.4 is 15.4 Å². The van der Waals surface area contributed by atoms with Gasteiger partial charge >= 0.3 is 0 Å². The van der Waals surface area contributed by atoms with Crippen LogP contribution in [0.2, 0.25) is 5.02 Å². The van der Waals surface area contributed by atoms with Gasteiger partial charge in [-0.2, -0.15) is 0 Å². The molecule has 3 aromatic carbocycles. The van der Waals surface area contributed by atoms with Crippen LogP contribution in [0.15, 0.2) is 72.8 Å². The van der Waals surface area contributed by atoms with Crippen LogP contribution in [0, 0.1) is 0 Å². The standard InChI is InChI=1S/C22H19ClN2O3/c1-28-20-4-2-3-19(14-20)25-22(27)16-7-11-18(12-8-16)24-21(26)13-15-5-9-17(23)10-6-15/h2-12,14H,13H2,1H3,(H,24,26)(H,25,27). The van der Waals surface area contributed by atoms with E-state index in [0.717, 1.165) is 5.56 Å². The molecule has 0 saturated heterocycles. The number of rotatable bonds is 6. The minimum absolute atomic E-state index is 0.143. The molecule has 0 aliphatic heterocycles. The monoisotopic (exact) mass is 394 g/mol. The SMILES string of the molecule is COc1cccc(NC(=O)c2ccc(NC(=O)Cc3ccc(Cl)cc3)cc2)c1. The lowest BCUT2D eigenvalue weighted by Gasteiger charge is -2.09. The fraction of sp³-hybridized carbons (Fsp3) is 0.0909. The molecule has 0 bridgehead atoms. The number of hydrogen-bond donors (Lipinski definition) is 2. The second-order valence-corrected chi connectivity index (χ2v) is 6.55. The maximum Gasteiger partial charge on any atom is 0.255 e. The van der Waals surface area contributed by atoms with Crippen molar-refractivity contribution in [3.05, 3.63) is 88.9 Å². The van der Waals surface area contributed by atoms with Crippen LogP contribution in [0.4, 0.5) is 11.4 Å². The predicted octanol–water partition coefficient (Wildman–Crippen LogP) is 4.78. The highest BCUT2D eigenvalue weighted by Gasteiger charge is 2.08. The molecule has 0 atom stereocenters. The second-order valence-electron chi connectivity index (χ2n) is 6.11. The number of amides is 2. The molecule has 2 N–H and O–H groups in total. The summed E-state index contributed by atoms with van der Waals surface area (Å²) in [6, 6.07) is 21.0. The van der Waals surface area contributed by atoms with Gasteiger partial charge in [-0.15, -0.1) is 0 Å². The summed E-state index contributed by atoms with van der Waals surface area (Å²) in [6.07, 6.45) is 0.245. The number of carbonyl (C=O) groups is 2. The molecule has 0 aliphatic carbocycles. The van der Waals surface area contributed by atoms with Crippen molar-refractivity contribution in [2.24, 2.45) is 0 Å². The highest BCUT2D eigenvalue weighted by atomic mass is 35.5. The van der Waals surface area contributed by atoms with Crippen LogP contribution in [0.25, 0.3) is 0 Å². The van der Waals surface area contributed by atoms with Gasteiger partial charge in [-0.3, -0.25) is 9.59 Å². The van der Waals surface area contributed by atoms with Gasteiger partial charge in [-0.25, -0.2) is 0 Å². The highest BCUT2D eigenvalue weighted by Crippen LogP contribution is 2.18. The zero-order valence-corrected chi connectivity index (χ0v) is 16.0. The largest absolute Gasteiger partial charge is 0.497 e. The van der Waals surface area contributed by atoms with Gasteiger partial charge in [0.25, 0.3) is 5.91 Å². The maximum atomic E-state index is 12.4. The van der Waals surface area contributed by atoms with Crippen molar-refractivity contribution < 1.29 is 14.3 Å². The van der Waals surface area contributed by atoms with Gasteiger partial charge in [0.15, 0.2) is 0 Å². The Kier molecular flexibility index (Phi) is 6.29. The van der Waals surface area contributed by atoms with Gasteiger partial charge in [0.2, 0.25) is 5.91 Å². The van der Waals surface area contributed by atoms with Crippen molar-refractivity contribution in [3.8, 4) is 5.75 Å². The van der Waals surface area contributed by atoms with E-state index in [-0.39, 0.29) is 18.2 Å². The van der Waals surface area contributed by atoms with Gasteiger partial charge in [-0.1, -0.05) is 29.8 Å². The highest BCUT2D eigenvalue weighted by molar-refractivity contribution is 6.30. The summed E-state index contributed by atoms with van der Waals surface area (Å²) < 4.78 is 5.15. The van der Waals surface area contributed by atoms with Gasteiger partial charge in [0, 0.05) is 28.0 Å². The summed E-state index contributed by atoms with van der Waals surface area (Å²) >= 11 is 5.85. The number of hydrogen-bond acceptors (Lipinski definition) is 3. The smallest absolute Gasteiger partial charge is 0.255 e. The average Bonchev–Trinajstić information content (AvgIpc) is 2.70. The van der Waals surface area contributed by atoms with E-state index in [9.17, 15) is 9.59 Å². The molecule has 6 heteroatoms.